The number of fused-ring (bicyclic) bond motifs is 1. The number of nitrogens with zero attached hydrogens (tertiary/aromatic N) is 1. The van der Waals surface area contributed by atoms with Gasteiger partial charge in [0.15, 0.2) is 8.32 Å². The van der Waals surface area contributed by atoms with Crippen molar-refractivity contribution in [3.63, 3.8) is 0 Å². The molecule has 1 saturated carbocycles. The van der Waals surface area contributed by atoms with Crippen LogP contribution in [0.15, 0.2) is 42.2 Å². The Morgan fingerprint density at radius 3 is 2.30 bits per heavy atom. The van der Waals surface area contributed by atoms with E-state index in [9.17, 15) is 14.4 Å². The molecule has 5 atom stereocenters. The molecule has 6 nitrogen and oxygen atoms in total. The van der Waals surface area contributed by atoms with E-state index in [2.05, 4.69) is 40.8 Å². The van der Waals surface area contributed by atoms with Crippen LogP contribution in [0.25, 0.3) is 0 Å². The van der Waals surface area contributed by atoms with Crippen LogP contribution in [0.1, 0.15) is 72.8 Å². The topological polar surface area (TPSA) is 72.9 Å². The average molecular weight is 526 g/mol. The molecule has 202 valence electrons. The van der Waals surface area contributed by atoms with Crippen LogP contribution in [0, 0.1) is 22.7 Å². The van der Waals surface area contributed by atoms with Crippen LogP contribution in [0.4, 0.5) is 0 Å². The molecule has 3 aliphatic carbocycles. The molecule has 5 rings (SSSR count). The maximum Gasteiger partial charge on any atom is 0.307 e. The van der Waals surface area contributed by atoms with E-state index in [1.54, 1.807) is 0 Å². The average Bonchev–Trinajstić information content (AvgIpc) is 3.05. The van der Waals surface area contributed by atoms with E-state index in [0.717, 1.165) is 18.4 Å². The Hall–Kier alpha value is -2.25. The van der Waals surface area contributed by atoms with Gasteiger partial charge >= 0.3 is 5.97 Å². The highest BCUT2D eigenvalue weighted by molar-refractivity contribution is 6.74. The normalized spacial score (nSPS) is 31.4. The number of ether oxygens (including phenoxy) is 1. The lowest BCUT2D eigenvalue weighted by Gasteiger charge is -2.60. The van der Waals surface area contributed by atoms with E-state index >= 15 is 0 Å². The van der Waals surface area contributed by atoms with E-state index in [1.165, 1.54) is 11.8 Å². The second-order valence-electron chi connectivity index (χ2n) is 13.0. The molecule has 1 aliphatic heterocycles. The molecule has 37 heavy (non-hydrogen) atoms. The zero-order valence-corrected chi connectivity index (χ0v) is 24.7. The van der Waals surface area contributed by atoms with Crippen molar-refractivity contribution < 1.29 is 23.5 Å². The summed E-state index contributed by atoms with van der Waals surface area (Å²) >= 11 is 0. The first-order valence-electron chi connectivity index (χ1n) is 13.7. The van der Waals surface area contributed by atoms with Gasteiger partial charge in [0.05, 0.1) is 24.5 Å². The molecule has 0 unspecified atom stereocenters. The largest absolute Gasteiger partial charge is 0.431 e. The molecule has 0 N–H and O–H groups in total. The number of carbonyl (C=O) groups is 3. The number of hydrogen-bond donors (Lipinski definition) is 0. The number of benzene rings is 1. The van der Waals surface area contributed by atoms with Gasteiger partial charge in [0.1, 0.15) is 5.76 Å². The smallest absolute Gasteiger partial charge is 0.307 e. The van der Waals surface area contributed by atoms with E-state index in [-0.39, 0.29) is 29.5 Å². The molecule has 2 fully saturated rings. The van der Waals surface area contributed by atoms with E-state index in [0.29, 0.717) is 18.6 Å². The van der Waals surface area contributed by atoms with Gasteiger partial charge in [0.25, 0.3) is 0 Å². The Morgan fingerprint density at radius 2 is 1.73 bits per heavy atom. The van der Waals surface area contributed by atoms with Crippen LogP contribution in [-0.2, 0) is 30.1 Å². The first-order chi connectivity index (χ1) is 17.2. The second-order valence-corrected chi connectivity index (χ2v) is 17.8. The lowest BCUT2D eigenvalue weighted by atomic mass is 9.46. The molecule has 2 amide bonds. The maximum atomic E-state index is 14.2. The number of rotatable bonds is 8. The fourth-order valence-electron chi connectivity index (χ4n) is 6.44. The Labute approximate surface area is 222 Å². The number of esters is 1. The van der Waals surface area contributed by atoms with Gasteiger partial charge in [-0.25, -0.2) is 0 Å². The summed E-state index contributed by atoms with van der Waals surface area (Å²) in [4.78, 5) is 41.9. The van der Waals surface area contributed by atoms with Gasteiger partial charge in [-0.15, -0.1) is 0 Å². The van der Waals surface area contributed by atoms with E-state index in [4.69, 9.17) is 9.16 Å². The van der Waals surface area contributed by atoms with Crippen LogP contribution >= 0.6 is 0 Å². The minimum absolute atomic E-state index is 0.00673. The van der Waals surface area contributed by atoms with Gasteiger partial charge in [-0.3, -0.25) is 19.3 Å². The summed E-state index contributed by atoms with van der Waals surface area (Å²) in [5, 5.41) is -0.00673. The molecule has 4 aliphatic rings. The molecule has 7 heteroatoms. The first-order valence-corrected chi connectivity index (χ1v) is 16.6. The Balaban J connectivity index is 1.85. The quantitative estimate of drug-likeness (QED) is 0.229. The van der Waals surface area contributed by atoms with Crippen molar-refractivity contribution in [2.45, 2.75) is 98.0 Å². The molecule has 0 spiro atoms. The number of unbranched alkanes of at least 4 members (excludes halogenated alkanes) is 1. The van der Waals surface area contributed by atoms with E-state index < -0.39 is 37.0 Å². The number of likely N-dealkylation sites (tertiary alicyclic amines) is 1. The molecular formula is C30H43NO5Si. The number of imide groups is 1. The lowest BCUT2D eigenvalue weighted by molar-refractivity contribution is -0.162. The molecule has 0 aromatic heterocycles. The lowest BCUT2D eigenvalue weighted by Crippen LogP contribution is -2.63. The molecule has 1 heterocycles. The van der Waals surface area contributed by atoms with Gasteiger partial charge in [-0.2, -0.15) is 0 Å². The van der Waals surface area contributed by atoms with Crippen molar-refractivity contribution in [3.05, 3.63) is 47.7 Å². The van der Waals surface area contributed by atoms with Crippen molar-refractivity contribution in [2.75, 3.05) is 0 Å². The summed E-state index contributed by atoms with van der Waals surface area (Å²) in [5.74, 6) is -1.24. The van der Waals surface area contributed by atoms with Gasteiger partial charge in [0, 0.05) is 17.8 Å². The molecule has 1 aromatic carbocycles. The van der Waals surface area contributed by atoms with E-state index in [1.807, 2.05) is 43.3 Å². The molecule has 0 radical (unpaired) electrons. The SMILES string of the molecule is CCCC[C@]12C=C(OC(C)=O)[C@](C)(C[C@H]1O[Si](C)(C)C(C)(C)C)[C@H]1C(=O)N(Cc3ccccc3)C(=O)[C@H]12. The van der Waals surface area contributed by atoms with Gasteiger partial charge in [-0.05, 0) is 42.6 Å². The van der Waals surface area contributed by atoms with Gasteiger partial charge < -0.3 is 9.16 Å². The summed E-state index contributed by atoms with van der Waals surface area (Å²) in [6.07, 6.45) is 4.92. The molecule has 1 aromatic rings. The van der Waals surface area contributed by atoms with Crippen molar-refractivity contribution in [1.29, 1.82) is 0 Å². The number of hydrogen-bond acceptors (Lipinski definition) is 5. The maximum absolute atomic E-state index is 14.2. The fraction of sp³-hybridized carbons (Fsp3) is 0.633. The third kappa shape index (κ3) is 4.52. The fourth-order valence-corrected chi connectivity index (χ4v) is 7.80. The Kier molecular flexibility index (Phi) is 7.12. The van der Waals surface area contributed by atoms with Crippen LogP contribution in [0.2, 0.25) is 18.1 Å². The van der Waals surface area contributed by atoms with Crippen molar-refractivity contribution in [3.8, 4) is 0 Å². The van der Waals surface area contributed by atoms with Crippen LogP contribution < -0.4 is 0 Å². The van der Waals surface area contributed by atoms with Gasteiger partial charge in [0.2, 0.25) is 11.8 Å². The first kappa shape index (κ1) is 27.8. The highest BCUT2D eigenvalue weighted by atomic mass is 28.4. The minimum Gasteiger partial charge on any atom is -0.431 e. The highest BCUT2D eigenvalue weighted by Gasteiger charge is 2.72. The monoisotopic (exact) mass is 525 g/mol. The number of amides is 2. The minimum atomic E-state index is -2.21. The number of carbonyl (C=O) groups excluding carboxylic acids is 3. The van der Waals surface area contributed by atoms with Crippen LogP contribution in [-0.4, -0.2) is 37.1 Å². The Bertz CT molecular complexity index is 1110. The summed E-state index contributed by atoms with van der Waals surface area (Å²) in [7, 11) is -2.21. The van der Waals surface area contributed by atoms with Crippen molar-refractivity contribution in [1.82, 2.24) is 4.90 Å². The summed E-state index contributed by atoms with van der Waals surface area (Å²) < 4.78 is 12.9. The Morgan fingerprint density at radius 1 is 1.11 bits per heavy atom. The second kappa shape index (κ2) is 9.49. The van der Waals surface area contributed by atoms with Crippen LogP contribution in [0.5, 0.6) is 0 Å². The summed E-state index contributed by atoms with van der Waals surface area (Å²) in [6.45, 7) is 16.9. The predicted molar refractivity (Wildman–Crippen MR) is 146 cm³/mol. The highest BCUT2D eigenvalue weighted by Crippen LogP contribution is 2.67. The standard InChI is InChI=1S/C30H43NO5Si/c1-9-10-16-30-18-22(35-20(2)32)29(6,17-23(30)36-37(7,8)28(3,4)5)24-25(30)27(34)31(26(24)33)19-21-14-12-11-13-15-21/h11-15,18,23-25H,9-10,16-17,19H2,1-8H3/t23-,24-,25+,29+,30+/m1/s1. The zero-order chi connectivity index (χ0) is 27.4. The van der Waals surface area contributed by atoms with Crippen molar-refractivity contribution in [2.24, 2.45) is 22.7 Å². The van der Waals surface area contributed by atoms with Crippen molar-refractivity contribution >= 4 is 26.1 Å². The third-order valence-electron chi connectivity index (χ3n) is 9.48. The molecule has 2 bridgehead atoms. The van der Waals surface area contributed by atoms with Crippen LogP contribution in [0.3, 0.4) is 0 Å². The summed E-state index contributed by atoms with van der Waals surface area (Å²) in [6, 6.07) is 9.65. The third-order valence-corrected chi connectivity index (χ3v) is 14.0. The number of allylic oxidation sites excluding steroid dienone is 1. The zero-order valence-electron chi connectivity index (χ0n) is 23.7. The summed E-state index contributed by atoms with van der Waals surface area (Å²) in [5.41, 5.74) is -0.572. The molecular weight excluding hydrogens is 482 g/mol. The molecule has 1 saturated heterocycles. The predicted octanol–water partition coefficient (Wildman–Crippen LogP) is 6.23. The van der Waals surface area contributed by atoms with Gasteiger partial charge in [-0.1, -0.05) is 77.8 Å².